The average Bonchev–Trinajstić information content (AvgIpc) is 2.30. The van der Waals surface area contributed by atoms with Crippen molar-refractivity contribution in [2.24, 2.45) is 11.7 Å². The Morgan fingerprint density at radius 3 is 2.35 bits per heavy atom. The van der Waals surface area contributed by atoms with Gasteiger partial charge in [0, 0.05) is 5.69 Å². The molecule has 0 aliphatic heterocycles. The van der Waals surface area contributed by atoms with Crippen molar-refractivity contribution in [3.05, 3.63) is 24.3 Å². The van der Waals surface area contributed by atoms with E-state index in [1.54, 1.807) is 6.92 Å². The molecule has 110 valence electrons. The van der Waals surface area contributed by atoms with Crippen LogP contribution in [-0.4, -0.2) is 17.3 Å². The number of halogens is 3. The van der Waals surface area contributed by atoms with E-state index in [9.17, 15) is 18.0 Å². The summed E-state index contributed by atoms with van der Waals surface area (Å²) < 4.78 is 39.6. The fourth-order valence-electron chi connectivity index (χ4n) is 1.49. The third-order valence-corrected chi connectivity index (χ3v) is 2.71. The minimum atomic E-state index is -4.75. The molecular formula is C12H13F3N2O2S. The maximum Gasteiger partial charge on any atom is 0.573 e. The van der Waals surface area contributed by atoms with Crippen molar-refractivity contribution in [1.82, 2.24) is 0 Å². The molecule has 0 aliphatic rings. The Bertz CT molecular complexity index is 488. The first-order valence-corrected chi connectivity index (χ1v) is 6.09. The number of benzene rings is 1. The van der Waals surface area contributed by atoms with Crippen molar-refractivity contribution in [3.63, 3.8) is 0 Å². The van der Waals surface area contributed by atoms with E-state index in [4.69, 9.17) is 18.0 Å². The number of amides is 1. The lowest BCUT2D eigenvalue weighted by molar-refractivity contribution is -0.274. The van der Waals surface area contributed by atoms with E-state index < -0.39 is 18.2 Å². The molecule has 1 aromatic rings. The molecule has 0 saturated carbocycles. The number of carbonyl (C=O) groups excluding carboxylic acids is 1. The van der Waals surface area contributed by atoms with Gasteiger partial charge >= 0.3 is 6.36 Å². The normalized spacial score (nSPS) is 12.6. The van der Waals surface area contributed by atoms with Gasteiger partial charge in [-0.1, -0.05) is 19.1 Å². The molecule has 1 rings (SSSR count). The Labute approximate surface area is 119 Å². The van der Waals surface area contributed by atoms with Crippen LogP contribution in [0.15, 0.2) is 24.3 Å². The molecule has 20 heavy (non-hydrogen) atoms. The highest BCUT2D eigenvalue weighted by Crippen LogP contribution is 2.24. The van der Waals surface area contributed by atoms with Crippen LogP contribution >= 0.6 is 12.2 Å². The van der Waals surface area contributed by atoms with E-state index in [-0.39, 0.29) is 10.7 Å². The number of alkyl halides is 3. The third-order valence-electron chi connectivity index (χ3n) is 2.42. The Morgan fingerprint density at radius 1 is 1.40 bits per heavy atom. The molecule has 1 aromatic carbocycles. The Kier molecular flexibility index (Phi) is 5.32. The van der Waals surface area contributed by atoms with E-state index in [1.165, 1.54) is 12.1 Å². The minimum absolute atomic E-state index is 0.0713. The predicted octanol–water partition coefficient (Wildman–Crippen LogP) is 2.84. The van der Waals surface area contributed by atoms with Gasteiger partial charge in [0.25, 0.3) is 0 Å². The third kappa shape index (κ3) is 5.04. The summed E-state index contributed by atoms with van der Waals surface area (Å²) >= 11 is 4.76. The number of hydrogen-bond donors (Lipinski definition) is 2. The number of rotatable bonds is 5. The summed E-state index contributed by atoms with van der Waals surface area (Å²) in [4.78, 5) is 11.9. The summed E-state index contributed by atoms with van der Waals surface area (Å²) in [6.07, 6.45) is -4.31. The highest BCUT2D eigenvalue weighted by atomic mass is 32.1. The molecule has 1 atom stereocenters. The van der Waals surface area contributed by atoms with Gasteiger partial charge in [-0.25, -0.2) is 0 Å². The second kappa shape index (κ2) is 6.56. The highest BCUT2D eigenvalue weighted by molar-refractivity contribution is 7.80. The molecule has 0 spiro atoms. The number of nitrogens with one attached hydrogen (secondary N) is 1. The van der Waals surface area contributed by atoms with Gasteiger partial charge in [-0.15, -0.1) is 13.2 Å². The smallest absolute Gasteiger partial charge is 0.406 e. The first-order chi connectivity index (χ1) is 9.23. The zero-order chi connectivity index (χ0) is 15.3. The van der Waals surface area contributed by atoms with Gasteiger partial charge in [-0.3, -0.25) is 4.79 Å². The first-order valence-electron chi connectivity index (χ1n) is 5.69. The van der Waals surface area contributed by atoms with Gasteiger partial charge < -0.3 is 15.8 Å². The Morgan fingerprint density at radius 2 is 1.95 bits per heavy atom. The highest BCUT2D eigenvalue weighted by Gasteiger charge is 2.31. The van der Waals surface area contributed by atoms with Crippen LogP contribution in [0.4, 0.5) is 18.9 Å². The maximum atomic E-state index is 12.0. The number of anilines is 1. The van der Waals surface area contributed by atoms with Gasteiger partial charge in [-0.2, -0.15) is 0 Å². The van der Waals surface area contributed by atoms with Crippen LogP contribution in [0.5, 0.6) is 5.75 Å². The number of hydrogen-bond acceptors (Lipinski definition) is 3. The molecule has 0 fully saturated rings. The fourth-order valence-corrected chi connectivity index (χ4v) is 1.76. The summed E-state index contributed by atoms with van der Waals surface area (Å²) in [5.74, 6) is -1.38. The lowest BCUT2D eigenvalue weighted by Gasteiger charge is -2.14. The van der Waals surface area contributed by atoms with E-state index >= 15 is 0 Å². The number of ether oxygens (including phenoxy) is 1. The molecule has 1 unspecified atom stereocenters. The summed E-state index contributed by atoms with van der Waals surface area (Å²) in [5, 5.41) is 2.52. The number of nitrogens with two attached hydrogens (primary N) is 1. The summed E-state index contributed by atoms with van der Waals surface area (Å²) in [6.45, 7) is 1.75. The molecule has 1 amide bonds. The molecule has 8 heteroatoms. The lowest BCUT2D eigenvalue weighted by atomic mass is 10.1. The maximum absolute atomic E-state index is 12.0. The van der Waals surface area contributed by atoms with E-state index in [0.29, 0.717) is 12.1 Å². The van der Waals surface area contributed by atoms with Crippen LogP contribution in [0.25, 0.3) is 0 Å². The van der Waals surface area contributed by atoms with Crippen molar-refractivity contribution in [1.29, 1.82) is 0 Å². The van der Waals surface area contributed by atoms with E-state index in [2.05, 4.69) is 10.1 Å². The van der Waals surface area contributed by atoms with Crippen LogP contribution < -0.4 is 15.8 Å². The molecule has 0 aliphatic carbocycles. The average molecular weight is 306 g/mol. The Hall–Kier alpha value is -1.83. The van der Waals surface area contributed by atoms with Crippen LogP contribution in [0, 0.1) is 5.92 Å². The van der Waals surface area contributed by atoms with Crippen molar-refractivity contribution >= 4 is 28.8 Å². The standard InChI is InChI=1S/C12H13F3N2O2S/c1-2-9(10(16)20)11(18)17-7-3-5-8(6-4-7)19-12(13,14)15/h3-6,9H,2H2,1H3,(H2,16,20)(H,17,18). The molecule has 4 nitrogen and oxygen atoms in total. The van der Waals surface area contributed by atoms with Crippen LogP contribution in [0.1, 0.15) is 13.3 Å². The second-order valence-electron chi connectivity index (χ2n) is 3.92. The van der Waals surface area contributed by atoms with Gasteiger partial charge in [0.15, 0.2) is 0 Å². The zero-order valence-corrected chi connectivity index (χ0v) is 11.3. The van der Waals surface area contributed by atoms with Gasteiger partial charge in [-0.05, 0) is 30.7 Å². The van der Waals surface area contributed by atoms with Crippen LogP contribution in [-0.2, 0) is 4.79 Å². The predicted molar refractivity (Wildman–Crippen MR) is 72.3 cm³/mol. The zero-order valence-electron chi connectivity index (χ0n) is 10.5. The second-order valence-corrected chi connectivity index (χ2v) is 4.40. The van der Waals surface area contributed by atoms with Crippen molar-refractivity contribution in [2.45, 2.75) is 19.7 Å². The topological polar surface area (TPSA) is 64.3 Å². The van der Waals surface area contributed by atoms with Gasteiger partial charge in [0.1, 0.15) is 5.75 Å². The number of thiocarbonyl (C=S) groups is 1. The molecular weight excluding hydrogens is 293 g/mol. The monoisotopic (exact) mass is 306 g/mol. The van der Waals surface area contributed by atoms with E-state index in [1.807, 2.05) is 0 Å². The summed E-state index contributed by atoms with van der Waals surface area (Å²) in [6, 6.07) is 4.80. The van der Waals surface area contributed by atoms with Gasteiger partial charge in [0.2, 0.25) is 5.91 Å². The molecule has 0 heterocycles. The van der Waals surface area contributed by atoms with Crippen LogP contribution in [0.2, 0.25) is 0 Å². The van der Waals surface area contributed by atoms with Crippen molar-refractivity contribution in [2.75, 3.05) is 5.32 Å². The Balaban J connectivity index is 2.70. The molecule has 0 bridgehead atoms. The molecule has 0 radical (unpaired) electrons. The van der Waals surface area contributed by atoms with Crippen molar-refractivity contribution < 1.29 is 22.7 Å². The SMILES string of the molecule is CCC(C(=O)Nc1ccc(OC(F)(F)F)cc1)C(N)=S. The van der Waals surface area contributed by atoms with Crippen molar-refractivity contribution in [3.8, 4) is 5.75 Å². The summed E-state index contributed by atoms with van der Waals surface area (Å²) in [7, 11) is 0. The van der Waals surface area contributed by atoms with Gasteiger partial charge in [0.05, 0.1) is 10.9 Å². The molecule has 0 saturated heterocycles. The molecule has 3 N–H and O–H groups in total. The first kappa shape index (κ1) is 16.2. The van der Waals surface area contributed by atoms with Crippen LogP contribution in [0.3, 0.4) is 0 Å². The summed E-state index contributed by atoms with van der Waals surface area (Å²) in [5.41, 5.74) is 5.75. The lowest BCUT2D eigenvalue weighted by Crippen LogP contribution is -2.32. The minimum Gasteiger partial charge on any atom is -0.406 e. The quantitative estimate of drug-likeness (QED) is 0.821. The number of carbonyl (C=O) groups is 1. The molecule has 0 aromatic heterocycles. The van der Waals surface area contributed by atoms with E-state index in [0.717, 1.165) is 12.1 Å². The fraction of sp³-hybridized carbons (Fsp3) is 0.333. The largest absolute Gasteiger partial charge is 0.573 e.